The Kier molecular flexibility index (Phi) is 5.09. The van der Waals surface area contributed by atoms with E-state index in [1.54, 1.807) is 53.5 Å². The molecule has 2 aromatic carbocycles. The van der Waals surface area contributed by atoms with Crippen molar-refractivity contribution >= 4 is 46.4 Å². The Morgan fingerprint density at radius 3 is 2.46 bits per heavy atom. The van der Waals surface area contributed by atoms with Crippen molar-refractivity contribution < 1.29 is 4.79 Å². The van der Waals surface area contributed by atoms with Crippen LogP contribution in [0.4, 0.5) is 5.69 Å². The number of halogens is 3. The molecule has 24 heavy (non-hydrogen) atoms. The van der Waals surface area contributed by atoms with Crippen LogP contribution in [-0.2, 0) is 6.54 Å². The number of benzene rings is 2. The fourth-order valence-corrected chi connectivity index (χ4v) is 2.74. The van der Waals surface area contributed by atoms with Crippen LogP contribution in [0.2, 0.25) is 15.1 Å². The summed E-state index contributed by atoms with van der Waals surface area (Å²) in [6.45, 7) is 0.479. The number of carbonyl (C=O) groups excluding carboxylic acids is 1. The highest BCUT2D eigenvalue weighted by Gasteiger charge is 2.08. The van der Waals surface area contributed by atoms with Gasteiger partial charge in [-0.15, -0.1) is 0 Å². The van der Waals surface area contributed by atoms with Gasteiger partial charge in [0.25, 0.3) is 5.91 Å². The molecule has 0 aliphatic rings. The number of nitrogens with zero attached hydrogens (tertiary/aromatic N) is 2. The molecule has 3 rings (SSSR count). The summed E-state index contributed by atoms with van der Waals surface area (Å²) >= 11 is 17.9. The average molecular weight is 381 g/mol. The smallest absolute Gasteiger partial charge is 0.255 e. The average Bonchev–Trinajstić information content (AvgIpc) is 2.98. The SMILES string of the molecule is O=C(Nc1cnn(Cc2ccc(Cl)cc2Cl)c1)c1ccc(Cl)cc1. The summed E-state index contributed by atoms with van der Waals surface area (Å²) in [5.74, 6) is -0.226. The largest absolute Gasteiger partial charge is 0.319 e. The number of amides is 1. The van der Waals surface area contributed by atoms with E-state index in [4.69, 9.17) is 34.8 Å². The van der Waals surface area contributed by atoms with Crippen molar-refractivity contribution in [3.63, 3.8) is 0 Å². The molecule has 0 spiro atoms. The quantitative estimate of drug-likeness (QED) is 0.681. The third-order valence-electron chi connectivity index (χ3n) is 3.34. The van der Waals surface area contributed by atoms with Crippen molar-refractivity contribution in [1.82, 2.24) is 9.78 Å². The van der Waals surface area contributed by atoms with Crippen LogP contribution in [0.3, 0.4) is 0 Å². The van der Waals surface area contributed by atoms with Crippen molar-refractivity contribution in [3.8, 4) is 0 Å². The van der Waals surface area contributed by atoms with Crippen LogP contribution in [-0.4, -0.2) is 15.7 Å². The van der Waals surface area contributed by atoms with E-state index in [1.165, 1.54) is 0 Å². The molecule has 0 unspecified atom stereocenters. The molecule has 0 aliphatic carbocycles. The van der Waals surface area contributed by atoms with Gasteiger partial charge in [-0.05, 0) is 42.0 Å². The van der Waals surface area contributed by atoms with E-state index in [1.807, 2.05) is 6.07 Å². The summed E-state index contributed by atoms with van der Waals surface area (Å²) in [5, 5.41) is 8.75. The maximum atomic E-state index is 12.2. The van der Waals surface area contributed by atoms with Crippen LogP contribution in [0, 0.1) is 0 Å². The van der Waals surface area contributed by atoms with Crippen LogP contribution in [0.5, 0.6) is 0 Å². The second-order valence-corrected chi connectivity index (χ2v) is 6.40. The Morgan fingerprint density at radius 2 is 1.75 bits per heavy atom. The summed E-state index contributed by atoms with van der Waals surface area (Å²) in [6.07, 6.45) is 3.32. The molecule has 7 heteroatoms. The third kappa shape index (κ3) is 4.09. The Morgan fingerprint density at radius 1 is 1.04 bits per heavy atom. The van der Waals surface area contributed by atoms with E-state index >= 15 is 0 Å². The lowest BCUT2D eigenvalue weighted by molar-refractivity contribution is 0.102. The molecule has 0 fully saturated rings. The second kappa shape index (κ2) is 7.26. The molecule has 1 aromatic heterocycles. The van der Waals surface area contributed by atoms with Gasteiger partial charge in [0, 0.05) is 26.8 Å². The third-order valence-corrected chi connectivity index (χ3v) is 4.18. The standard InChI is InChI=1S/C17H12Cl3N3O/c18-13-4-1-11(2-5-13)17(24)22-15-8-21-23(10-15)9-12-3-6-14(19)7-16(12)20/h1-8,10H,9H2,(H,22,24). The van der Waals surface area contributed by atoms with E-state index in [9.17, 15) is 4.79 Å². The van der Waals surface area contributed by atoms with Crippen LogP contribution < -0.4 is 5.32 Å². The molecule has 3 aromatic rings. The summed E-state index contributed by atoms with van der Waals surface area (Å²) in [7, 11) is 0. The molecular formula is C17H12Cl3N3O. The monoisotopic (exact) mass is 379 g/mol. The van der Waals surface area contributed by atoms with Gasteiger partial charge in [0.2, 0.25) is 0 Å². The first-order chi connectivity index (χ1) is 11.5. The number of hydrogen-bond acceptors (Lipinski definition) is 2. The van der Waals surface area contributed by atoms with Gasteiger partial charge in [0.1, 0.15) is 0 Å². The van der Waals surface area contributed by atoms with Crippen LogP contribution in [0.15, 0.2) is 54.9 Å². The van der Waals surface area contributed by atoms with Gasteiger partial charge in [-0.25, -0.2) is 0 Å². The normalized spacial score (nSPS) is 10.6. The number of nitrogens with one attached hydrogen (secondary N) is 1. The van der Waals surface area contributed by atoms with Crippen molar-refractivity contribution in [1.29, 1.82) is 0 Å². The molecule has 4 nitrogen and oxygen atoms in total. The summed E-state index contributed by atoms with van der Waals surface area (Å²) in [6, 6.07) is 12.0. The molecule has 1 amide bonds. The lowest BCUT2D eigenvalue weighted by Gasteiger charge is -2.05. The number of aromatic nitrogens is 2. The highest BCUT2D eigenvalue weighted by atomic mass is 35.5. The second-order valence-electron chi connectivity index (χ2n) is 5.12. The van der Waals surface area contributed by atoms with Crippen molar-refractivity contribution in [3.05, 3.63) is 81.1 Å². The molecule has 0 bridgehead atoms. The lowest BCUT2D eigenvalue weighted by Crippen LogP contribution is -2.11. The Hall–Kier alpha value is -2.01. The molecule has 122 valence electrons. The molecule has 0 saturated carbocycles. The zero-order chi connectivity index (χ0) is 17.1. The highest BCUT2D eigenvalue weighted by Crippen LogP contribution is 2.22. The lowest BCUT2D eigenvalue weighted by atomic mass is 10.2. The number of hydrogen-bond donors (Lipinski definition) is 1. The van der Waals surface area contributed by atoms with Gasteiger partial charge in [-0.2, -0.15) is 5.10 Å². The first kappa shape index (κ1) is 16.8. The molecule has 0 radical (unpaired) electrons. The Bertz CT molecular complexity index is 875. The first-order valence-electron chi connectivity index (χ1n) is 7.04. The maximum absolute atomic E-state index is 12.2. The molecule has 0 saturated heterocycles. The van der Waals surface area contributed by atoms with Gasteiger partial charge in [-0.1, -0.05) is 40.9 Å². The summed E-state index contributed by atoms with van der Waals surface area (Å²) in [4.78, 5) is 12.2. The topological polar surface area (TPSA) is 46.9 Å². The van der Waals surface area contributed by atoms with Crippen molar-refractivity contribution in [2.45, 2.75) is 6.54 Å². The van der Waals surface area contributed by atoms with E-state index in [2.05, 4.69) is 10.4 Å². The predicted octanol–water partition coefficient (Wildman–Crippen LogP) is 5.14. The van der Waals surface area contributed by atoms with E-state index < -0.39 is 0 Å². The fraction of sp³-hybridized carbons (Fsp3) is 0.0588. The number of rotatable bonds is 4. The highest BCUT2D eigenvalue weighted by molar-refractivity contribution is 6.35. The Labute approximate surface area is 154 Å². The van der Waals surface area contributed by atoms with Crippen LogP contribution >= 0.6 is 34.8 Å². The zero-order valence-electron chi connectivity index (χ0n) is 12.3. The first-order valence-corrected chi connectivity index (χ1v) is 8.18. The minimum Gasteiger partial charge on any atom is -0.319 e. The number of anilines is 1. The number of carbonyl (C=O) groups is 1. The van der Waals surface area contributed by atoms with Crippen LogP contribution in [0.25, 0.3) is 0 Å². The minimum atomic E-state index is -0.226. The summed E-state index contributed by atoms with van der Waals surface area (Å²) < 4.78 is 1.69. The van der Waals surface area contributed by atoms with E-state index in [0.29, 0.717) is 32.9 Å². The predicted molar refractivity (Wildman–Crippen MR) is 97.2 cm³/mol. The zero-order valence-corrected chi connectivity index (χ0v) is 14.6. The molecule has 0 atom stereocenters. The maximum Gasteiger partial charge on any atom is 0.255 e. The van der Waals surface area contributed by atoms with Gasteiger partial charge in [-0.3, -0.25) is 9.48 Å². The van der Waals surface area contributed by atoms with Gasteiger partial charge < -0.3 is 5.32 Å². The van der Waals surface area contributed by atoms with E-state index in [-0.39, 0.29) is 5.91 Å². The van der Waals surface area contributed by atoms with Crippen molar-refractivity contribution in [2.24, 2.45) is 0 Å². The van der Waals surface area contributed by atoms with Gasteiger partial charge >= 0.3 is 0 Å². The Balaban J connectivity index is 1.69. The van der Waals surface area contributed by atoms with Crippen LogP contribution in [0.1, 0.15) is 15.9 Å². The molecule has 1 heterocycles. The molecule has 1 N–H and O–H groups in total. The van der Waals surface area contributed by atoms with Gasteiger partial charge in [0.05, 0.1) is 18.4 Å². The molecule has 0 aliphatic heterocycles. The van der Waals surface area contributed by atoms with E-state index in [0.717, 1.165) is 5.56 Å². The van der Waals surface area contributed by atoms with Gasteiger partial charge in [0.15, 0.2) is 0 Å². The van der Waals surface area contributed by atoms with Crippen molar-refractivity contribution in [2.75, 3.05) is 5.32 Å². The summed E-state index contributed by atoms with van der Waals surface area (Å²) in [5.41, 5.74) is 2.01. The minimum absolute atomic E-state index is 0.226. The fourth-order valence-electron chi connectivity index (χ4n) is 2.14. The molecular weight excluding hydrogens is 369 g/mol.